The fraction of sp³-hybridized carbons (Fsp3) is 0.600. The van der Waals surface area contributed by atoms with Gasteiger partial charge in [0.1, 0.15) is 0 Å². The van der Waals surface area contributed by atoms with Crippen molar-refractivity contribution in [3.05, 3.63) is 17.8 Å². The van der Waals surface area contributed by atoms with E-state index in [4.69, 9.17) is 0 Å². The minimum atomic E-state index is -0.299. The van der Waals surface area contributed by atoms with Crippen molar-refractivity contribution in [1.82, 2.24) is 15.5 Å². The molecule has 2 saturated heterocycles. The molecule has 0 aliphatic carbocycles. The third kappa shape index (κ3) is 3.40. The molecule has 2 unspecified atom stereocenters. The van der Waals surface area contributed by atoms with Gasteiger partial charge >= 0.3 is 0 Å². The van der Waals surface area contributed by atoms with E-state index in [1.807, 2.05) is 19.1 Å². The third-order valence-electron chi connectivity index (χ3n) is 4.15. The smallest absolute Gasteiger partial charge is 0.225 e. The predicted octanol–water partition coefficient (Wildman–Crippen LogP) is 1.15. The summed E-state index contributed by atoms with van der Waals surface area (Å²) in [6.45, 7) is 3.43. The molecule has 0 aromatic carbocycles. The molecule has 3 heterocycles. The van der Waals surface area contributed by atoms with Crippen LogP contribution in [0.1, 0.15) is 25.0 Å². The van der Waals surface area contributed by atoms with Crippen LogP contribution in [0.15, 0.2) is 12.1 Å². The summed E-state index contributed by atoms with van der Waals surface area (Å²) in [5, 5.41) is 11.3. The Morgan fingerprint density at radius 1 is 1.36 bits per heavy atom. The van der Waals surface area contributed by atoms with Gasteiger partial charge in [-0.05, 0) is 38.3 Å². The number of carbonyl (C=O) groups is 2. The van der Waals surface area contributed by atoms with E-state index in [1.165, 1.54) is 11.8 Å². The Hall–Kier alpha value is -1.63. The van der Waals surface area contributed by atoms with Crippen LogP contribution in [0.2, 0.25) is 0 Å². The van der Waals surface area contributed by atoms with Crippen LogP contribution in [0.5, 0.6) is 0 Å². The molecular weight excluding hydrogens is 300 g/mol. The second kappa shape index (κ2) is 6.64. The fourth-order valence-corrected chi connectivity index (χ4v) is 3.81. The van der Waals surface area contributed by atoms with Gasteiger partial charge in [0.2, 0.25) is 11.0 Å². The predicted molar refractivity (Wildman–Crippen MR) is 85.7 cm³/mol. The molecule has 7 heteroatoms. The normalized spacial score (nSPS) is 25.3. The zero-order chi connectivity index (χ0) is 15.5. The van der Waals surface area contributed by atoms with Gasteiger partial charge in [0, 0.05) is 18.8 Å². The monoisotopic (exact) mass is 320 g/mol. The Labute approximate surface area is 134 Å². The molecule has 1 N–H and O–H groups in total. The van der Waals surface area contributed by atoms with Crippen molar-refractivity contribution < 1.29 is 9.59 Å². The molecule has 1 amide bonds. The number of hydrogen-bond acceptors (Lipinski definition) is 6. The van der Waals surface area contributed by atoms with E-state index in [1.54, 1.807) is 0 Å². The lowest BCUT2D eigenvalue weighted by atomic mass is 9.96. The van der Waals surface area contributed by atoms with E-state index in [9.17, 15) is 9.59 Å². The summed E-state index contributed by atoms with van der Waals surface area (Å²) in [6, 6.07) is 3.58. The van der Waals surface area contributed by atoms with E-state index in [-0.39, 0.29) is 23.0 Å². The van der Waals surface area contributed by atoms with Crippen molar-refractivity contribution in [2.45, 2.75) is 32.2 Å². The van der Waals surface area contributed by atoms with Gasteiger partial charge in [-0.3, -0.25) is 9.59 Å². The number of anilines is 1. The van der Waals surface area contributed by atoms with E-state index in [0.717, 1.165) is 43.1 Å². The fourth-order valence-electron chi connectivity index (χ4n) is 2.88. The number of thioether (sulfide) groups is 1. The van der Waals surface area contributed by atoms with Crippen LogP contribution < -0.4 is 10.2 Å². The molecule has 1 aromatic heterocycles. The van der Waals surface area contributed by atoms with Crippen molar-refractivity contribution >= 4 is 28.6 Å². The summed E-state index contributed by atoms with van der Waals surface area (Å²) in [4.78, 5) is 26.1. The topological polar surface area (TPSA) is 75.2 Å². The molecule has 118 valence electrons. The first kappa shape index (κ1) is 15.3. The van der Waals surface area contributed by atoms with Gasteiger partial charge in [-0.15, -0.1) is 5.10 Å². The van der Waals surface area contributed by atoms with E-state index >= 15 is 0 Å². The van der Waals surface area contributed by atoms with Crippen LogP contribution in [0.4, 0.5) is 5.82 Å². The van der Waals surface area contributed by atoms with Crippen molar-refractivity contribution in [2.75, 3.05) is 23.7 Å². The molecule has 22 heavy (non-hydrogen) atoms. The average Bonchev–Trinajstić information content (AvgIpc) is 2.93. The molecule has 0 radical (unpaired) electrons. The standard InChI is InChI=1S/C15H20N4O2S/c1-10-4-5-13(18-17-10)19-7-2-3-11(9-19)14(20)16-12-6-8-22-15(12)21/h4-5,11-12H,2-3,6-9H2,1H3,(H,16,20). The Morgan fingerprint density at radius 3 is 2.91 bits per heavy atom. The molecule has 0 bridgehead atoms. The highest BCUT2D eigenvalue weighted by atomic mass is 32.2. The Balaban J connectivity index is 1.61. The Morgan fingerprint density at radius 2 is 2.23 bits per heavy atom. The lowest BCUT2D eigenvalue weighted by Gasteiger charge is -2.32. The van der Waals surface area contributed by atoms with Crippen LogP contribution in [-0.4, -0.2) is 46.1 Å². The number of hydrogen-bond donors (Lipinski definition) is 1. The van der Waals surface area contributed by atoms with Gasteiger partial charge < -0.3 is 10.2 Å². The molecule has 0 spiro atoms. The first-order valence-corrected chi connectivity index (χ1v) is 8.64. The van der Waals surface area contributed by atoms with Crippen LogP contribution in [0.3, 0.4) is 0 Å². The molecule has 2 fully saturated rings. The van der Waals surface area contributed by atoms with Gasteiger partial charge in [0.15, 0.2) is 5.82 Å². The second-order valence-electron chi connectivity index (χ2n) is 5.84. The number of nitrogens with zero attached hydrogens (tertiary/aromatic N) is 3. The maximum atomic E-state index is 12.4. The van der Waals surface area contributed by atoms with Crippen LogP contribution in [-0.2, 0) is 9.59 Å². The van der Waals surface area contributed by atoms with Crippen molar-refractivity contribution in [1.29, 1.82) is 0 Å². The summed E-state index contributed by atoms with van der Waals surface area (Å²) in [7, 11) is 0. The summed E-state index contributed by atoms with van der Waals surface area (Å²) in [6.07, 6.45) is 2.55. The highest BCUT2D eigenvalue weighted by Crippen LogP contribution is 2.23. The van der Waals surface area contributed by atoms with Crippen LogP contribution in [0, 0.1) is 12.8 Å². The van der Waals surface area contributed by atoms with Gasteiger partial charge in [-0.1, -0.05) is 11.8 Å². The van der Waals surface area contributed by atoms with E-state index < -0.39 is 0 Å². The summed E-state index contributed by atoms with van der Waals surface area (Å²) in [5.74, 6) is 1.52. The van der Waals surface area contributed by atoms with Crippen molar-refractivity contribution in [3.63, 3.8) is 0 Å². The summed E-state index contributed by atoms with van der Waals surface area (Å²) in [5.41, 5.74) is 0.882. The Kier molecular flexibility index (Phi) is 4.61. The Bertz CT molecular complexity index is 563. The first-order valence-electron chi connectivity index (χ1n) is 7.66. The first-order chi connectivity index (χ1) is 10.6. The molecular formula is C15H20N4O2S. The zero-order valence-corrected chi connectivity index (χ0v) is 13.4. The largest absolute Gasteiger partial charge is 0.354 e. The number of nitrogens with one attached hydrogen (secondary N) is 1. The van der Waals surface area contributed by atoms with Crippen molar-refractivity contribution in [3.8, 4) is 0 Å². The van der Waals surface area contributed by atoms with Gasteiger partial charge in [-0.25, -0.2) is 0 Å². The SMILES string of the molecule is Cc1ccc(N2CCCC(C(=O)NC3CCSC3=O)C2)nn1. The molecule has 6 nitrogen and oxygen atoms in total. The molecule has 1 aromatic rings. The lowest BCUT2D eigenvalue weighted by molar-refractivity contribution is -0.128. The number of amides is 1. The molecule has 2 atom stereocenters. The highest BCUT2D eigenvalue weighted by molar-refractivity contribution is 8.14. The number of aromatic nitrogens is 2. The second-order valence-corrected chi connectivity index (χ2v) is 6.93. The highest BCUT2D eigenvalue weighted by Gasteiger charge is 2.32. The molecule has 3 rings (SSSR count). The maximum Gasteiger partial charge on any atom is 0.225 e. The number of piperidine rings is 1. The number of rotatable bonds is 3. The minimum absolute atomic E-state index is 0.00868. The van der Waals surface area contributed by atoms with Crippen molar-refractivity contribution in [2.24, 2.45) is 5.92 Å². The van der Waals surface area contributed by atoms with Crippen LogP contribution >= 0.6 is 11.8 Å². The number of aryl methyl sites for hydroxylation is 1. The quantitative estimate of drug-likeness (QED) is 0.900. The summed E-state index contributed by atoms with van der Waals surface area (Å²) >= 11 is 1.31. The molecule has 0 saturated carbocycles. The summed E-state index contributed by atoms with van der Waals surface area (Å²) < 4.78 is 0. The van der Waals surface area contributed by atoms with Crippen LogP contribution in [0.25, 0.3) is 0 Å². The molecule has 2 aliphatic rings. The average molecular weight is 320 g/mol. The van der Waals surface area contributed by atoms with Gasteiger partial charge in [0.05, 0.1) is 17.7 Å². The zero-order valence-electron chi connectivity index (χ0n) is 12.6. The lowest BCUT2D eigenvalue weighted by Crippen LogP contribution is -2.47. The number of carbonyl (C=O) groups excluding carboxylic acids is 2. The van der Waals surface area contributed by atoms with E-state index in [0.29, 0.717) is 6.54 Å². The molecule has 2 aliphatic heterocycles. The van der Waals surface area contributed by atoms with E-state index in [2.05, 4.69) is 20.4 Å². The third-order valence-corrected chi connectivity index (χ3v) is 5.16. The van der Waals surface area contributed by atoms with Gasteiger partial charge in [0.25, 0.3) is 0 Å². The van der Waals surface area contributed by atoms with Gasteiger partial charge in [-0.2, -0.15) is 5.10 Å². The minimum Gasteiger partial charge on any atom is -0.354 e. The maximum absolute atomic E-state index is 12.4.